The van der Waals surface area contributed by atoms with Gasteiger partial charge in [0.25, 0.3) is 0 Å². The Balaban J connectivity index is 2.20. The Kier molecular flexibility index (Phi) is 4.72. The molecule has 2 N–H and O–H groups in total. The molecule has 7 nitrogen and oxygen atoms in total. The summed E-state index contributed by atoms with van der Waals surface area (Å²) in [4.78, 5) is 15.6. The Hall–Kier alpha value is -1.35. The van der Waals surface area contributed by atoms with Gasteiger partial charge in [0.15, 0.2) is 15.7 Å². The summed E-state index contributed by atoms with van der Waals surface area (Å²) < 4.78 is 28.2. The molecule has 0 bridgehead atoms. The van der Waals surface area contributed by atoms with Gasteiger partial charge in [0.1, 0.15) is 9.90 Å². The molecule has 0 saturated carbocycles. The molecule has 1 aliphatic rings. The number of nitrogens with zero attached hydrogens (tertiary/aromatic N) is 3. The fourth-order valence-corrected chi connectivity index (χ4v) is 4.60. The minimum atomic E-state index is -3.46. The first-order valence-corrected chi connectivity index (χ1v) is 9.26. The maximum atomic E-state index is 12.2. The number of carbonyl (C=O) groups is 1. The summed E-state index contributed by atoms with van der Waals surface area (Å²) in [7, 11) is -1.77. The summed E-state index contributed by atoms with van der Waals surface area (Å²) in [5.74, 6) is -0.0320. The van der Waals surface area contributed by atoms with Gasteiger partial charge in [-0.05, 0) is 24.4 Å². The molecule has 0 aliphatic carbocycles. The fraction of sp³-hybridized carbons (Fsp3) is 0.667. The highest BCUT2D eigenvalue weighted by atomic mass is 32.2. The number of carbonyl (C=O) groups excluding carboxylic acids is 1. The van der Waals surface area contributed by atoms with E-state index >= 15 is 0 Å². The Bertz CT molecular complexity index is 620. The van der Waals surface area contributed by atoms with Crippen molar-refractivity contribution in [3.63, 3.8) is 0 Å². The molecule has 1 aromatic rings. The van der Waals surface area contributed by atoms with E-state index in [0.717, 1.165) is 37.5 Å². The van der Waals surface area contributed by atoms with Crippen LogP contribution >= 0.6 is 11.5 Å². The Morgan fingerprint density at radius 3 is 2.62 bits per heavy atom. The number of nitrogens with two attached hydrogens (primary N) is 1. The minimum absolute atomic E-state index is 0.00168. The molecule has 2 heterocycles. The van der Waals surface area contributed by atoms with Crippen molar-refractivity contribution in [2.45, 2.75) is 24.7 Å². The lowest BCUT2D eigenvalue weighted by Gasteiger charge is -2.22. The van der Waals surface area contributed by atoms with Crippen LogP contribution in [0.1, 0.15) is 19.8 Å². The van der Waals surface area contributed by atoms with E-state index in [1.165, 1.54) is 0 Å². The van der Waals surface area contributed by atoms with Crippen LogP contribution < -0.4 is 10.6 Å². The number of amides is 1. The zero-order chi connectivity index (χ0) is 15.6. The van der Waals surface area contributed by atoms with E-state index in [1.54, 1.807) is 23.8 Å². The third kappa shape index (κ3) is 3.29. The topological polar surface area (TPSA) is 96.6 Å². The zero-order valence-electron chi connectivity index (χ0n) is 12.2. The highest BCUT2D eigenvalue weighted by Crippen LogP contribution is 2.34. The summed E-state index contributed by atoms with van der Waals surface area (Å²) in [6.07, 6.45) is 2.05. The quantitative estimate of drug-likeness (QED) is 0.847. The molecule has 0 atom stereocenters. The number of aromatic nitrogens is 1. The van der Waals surface area contributed by atoms with Crippen molar-refractivity contribution in [3.8, 4) is 0 Å². The van der Waals surface area contributed by atoms with Gasteiger partial charge in [0, 0.05) is 20.1 Å². The van der Waals surface area contributed by atoms with Crippen LogP contribution in [-0.2, 0) is 14.6 Å². The van der Waals surface area contributed by atoms with Gasteiger partial charge < -0.3 is 15.5 Å². The minimum Gasteiger partial charge on any atom is -0.382 e. The van der Waals surface area contributed by atoms with Gasteiger partial charge in [0.2, 0.25) is 5.91 Å². The van der Waals surface area contributed by atoms with Gasteiger partial charge in [-0.1, -0.05) is 6.92 Å². The second-order valence-electron chi connectivity index (χ2n) is 5.05. The van der Waals surface area contributed by atoms with Gasteiger partial charge in [-0.3, -0.25) is 4.79 Å². The van der Waals surface area contributed by atoms with Crippen molar-refractivity contribution in [3.05, 3.63) is 0 Å². The Labute approximate surface area is 128 Å². The molecule has 0 aromatic carbocycles. The summed E-state index contributed by atoms with van der Waals surface area (Å²) in [6, 6.07) is 0. The van der Waals surface area contributed by atoms with Crippen molar-refractivity contribution in [1.29, 1.82) is 0 Å². The van der Waals surface area contributed by atoms with E-state index in [1.807, 2.05) is 0 Å². The number of hydrogen-bond donors (Lipinski definition) is 1. The second kappa shape index (κ2) is 6.18. The SMILES string of the molecule is CCS(=O)(=O)c1c(N)nsc1N(C)CC(=O)N1CCCC1. The molecule has 0 spiro atoms. The van der Waals surface area contributed by atoms with Crippen LogP contribution in [0.5, 0.6) is 0 Å². The zero-order valence-corrected chi connectivity index (χ0v) is 13.8. The molecule has 2 rings (SSSR count). The third-order valence-corrected chi connectivity index (χ3v) is 6.42. The Morgan fingerprint density at radius 1 is 1.43 bits per heavy atom. The van der Waals surface area contributed by atoms with Crippen molar-refractivity contribution in [2.75, 3.05) is 43.1 Å². The highest BCUT2D eigenvalue weighted by molar-refractivity contribution is 7.91. The average molecular weight is 332 g/mol. The van der Waals surface area contributed by atoms with Crippen LogP contribution in [0.2, 0.25) is 0 Å². The van der Waals surface area contributed by atoms with Crippen molar-refractivity contribution >= 4 is 38.1 Å². The van der Waals surface area contributed by atoms with Gasteiger partial charge in [-0.25, -0.2) is 8.42 Å². The first kappa shape index (κ1) is 16.0. The van der Waals surface area contributed by atoms with Crippen LogP contribution in [0.15, 0.2) is 4.90 Å². The molecule has 1 fully saturated rings. The second-order valence-corrected chi connectivity index (χ2v) is 8.02. The first-order chi connectivity index (χ1) is 9.86. The predicted molar refractivity (Wildman–Crippen MR) is 83.3 cm³/mol. The van der Waals surface area contributed by atoms with Crippen molar-refractivity contribution in [2.24, 2.45) is 0 Å². The maximum absolute atomic E-state index is 12.2. The van der Waals surface area contributed by atoms with Gasteiger partial charge >= 0.3 is 0 Å². The molecule has 1 aromatic heterocycles. The van der Waals surface area contributed by atoms with E-state index in [4.69, 9.17) is 5.73 Å². The van der Waals surface area contributed by atoms with Gasteiger partial charge in [-0.2, -0.15) is 4.37 Å². The molecule has 1 amide bonds. The molecule has 1 saturated heterocycles. The smallest absolute Gasteiger partial charge is 0.242 e. The van der Waals surface area contributed by atoms with E-state index in [0.29, 0.717) is 5.00 Å². The number of sulfone groups is 1. The first-order valence-electron chi connectivity index (χ1n) is 6.83. The lowest BCUT2D eigenvalue weighted by Crippen LogP contribution is -2.37. The molecular weight excluding hydrogens is 312 g/mol. The fourth-order valence-electron chi connectivity index (χ4n) is 2.31. The maximum Gasteiger partial charge on any atom is 0.242 e. The molecule has 0 radical (unpaired) electrons. The van der Waals surface area contributed by atoms with Gasteiger partial charge in [-0.15, -0.1) is 0 Å². The molecule has 1 aliphatic heterocycles. The summed E-state index contributed by atoms with van der Waals surface area (Å²) >= 11 is 1.01. The van der Waals surface area contributed by atoms with Crippen molar-refractivity contribution < 1.29 is 13.2 Å². The van der Waals surface area contributed by atoms with Crippen molar-refractivity contribution in [1.82, 2.24) is 9.27 Å². The van der Waals surface area contributed by atoms with E-state index in [-0.39, 0.29) is 28.9 Å². The van der Waals surface area contributed by atoms with Crippen LogP contribution in [0.25, 0.3) is 0 Å². The number of hydrogen-bond acceptors (Lipinski definition) is 7. The number of likely N-dealkylation sites (tertiary alicyclic amines) is 1. The molecule has 21 heavy (non-hydrogen) atoms. The monoisotopic (exact) mass is 332 g/mol. The van der Waals surface area contributed by atoms with Crippen LogP contribution in [0.4, 0.5) is 10.8 Å². The van der Waals surface area contributed by atoms with E-state index in [2.05, 4.69) is 4.37 Å². The largest absolute Gasteiger partial charge is 0.382 e. The normalized spacial score (nSPS) is 15.4. The van der Waals surface area contributed by atoms with Crippen LogP contribution in [0, 0.1) is 0 Å². The summed E-state index contributed by atoms with van der Waals surface area (Å²) in [5, 5.41) is 0.432. The number of nitrogen functional groups attached to an aromatic ring is 1. The number of likely N-dealkylation sites (N-methyl/N-ethyl adjacent to an activating group) is 1. The number of anilines is 2. The van der Waals surface area contributed by atoms with Gasteiger partial charge in [0.05, 0.1) is 12.3 Å². The average Bonchev–Trinajstić information content (AvgIpc) is 3.07. The van der Waals surface area contributed by atoms with E-state index in [9.17, 15) is 13.2 Å². The standard InChI is InChI=1S/C12H20N4O3S2/c1-3-21(18,19)10-11(13)14-20-12(10)15(2)8-9(17)16-6-4-5-7-16/h3-8H2,1-2H3,(H2,13,14). The molecule has 0 unspecified atom stereocenters. The predicted octanol–water partition coefficient (Wildman–Crippen LogP) is 0.577. The van der Waals surface area contributed by atoms with E-state index < -0.39 is 9.84 Å². The third-order valence-electron chi connectivity index (χ3n) is 3.53. The summed E-state index contributed by atoms with van der Waals surface area (Å²) in [5.41, 5.74) is 5.69. The van der Waals surface area contributed by atoms with Crippen LogP contribution in [-0.4, -0.2) is 56.0 Å². The lowest BCUT2D eigenvalue weighted by molar-refractivity contribution is -0.128. The molecular formula is C12H20N4O3S2. The van der Waals surface area contributed by atoms with Crippen LogP contribution in [0.3, 0.4) is 0 Å². The molecule has 118 valence electrons. The summed E-state index contributed by atoms with van der Waals surface area (Å²) in [6.45, 7) is 3.24. The highest BCUT2D eigenvalue weighted by Gasteiger charge is 2.28. The number of rotatable bonds is 5. The molecule has 9 heteroatoms. The lowest BCUT2D eigenvalue weighted by atomic mass is 10.4. The Morgan fingerprint density at radius 2 is 2.05 bits per heavy atom.